The van der Waals surface area contributed by atoms with Crippen LogP contribution in [-0.4, -0.2) is 18.0 Å². The maximum atomic E-state index is 12.2. The molecule has 0 N–H and O–H groups in total. The molecule has 0 spiro atoms. The number of carbonyl (C=O) groups excluding carboxylic acids is 1. The van der Waals surface area contributed by atoms with E-state index in [9.17, 15) is 14.9 Å². The van der Waals surface area contributed by atoms with E-state index in [-0.39, 0.29) is 22.7 Å². The zero-order chi connectivity index (χ0) is 17.0. The number of aryl methyl sites for hydroxylation is 1. The van der Waals surface area contributed by atoms with Crippen molar-refractivity contribution in [2.45, 2.75) is 6.92 Å². The van der Waals surface area contributed by atoms with E-state index in [1.165, 1.54) is 43.5 Å². The number of carbonyl (C=O) groups is 1. The third kappa shape index (κ3) is 3.44. The van der Waals surface area contributed by atoms with Gasteiger partial charge < -0.3 is 9.47 Å². The van der Waals surface area contributed by atoms with Crippen LogP contribution in [-0.2, 0) is 0 Å². The molecule has 2 aromatic rings. The van der Waals surface area contributed by atoms with Crippen molar-refractivity contribution >= 4 is 11.7 Å². The normalized spacial score (nSPS) is 9.78. The van der Waals surface area contributed by atoms with E-state index in [1.54, 1.807) is 6.92 Å². The van der Waals surface area contributed by atoms with Gasteiger partial charge in [-0.15, -0.1) is 0 Å². The van der Waals surface area contributed by atoms with Crippen molar-refractivity contribution in [3.63, 3.8) is 0 Å². The van der Waals surface area contributed by atoms with E-state index < -0.39 is 10.9 Å². The Morgan fingerprint density at radius 2 is 1.96 bits per heavy atom. The molecule has 7 nitrogen and oxygen atoms in total. The van der Waals surface area contributed by atoms with Crippen LogP contribution in [0.25, 0.3) is 0 Å². The minimum absolute atomic E-state index is 0.102. The molecular weight excluding hydrogens is 300 g/mol. The summed E-state index contributed by atoms with van der Waals surface area (Å²) in [6, 6.07) is 10.2. The van der Waals surface area contributed by atoms with Gasteiger partial charge in [-0.05, 0) is 30.7 Å². The molecule has 0 aliphatic heterocycles. The standard InChI is InChI=1S/C16H12N2O5/c1-10-7-12(18(20)21)4-5-13(10)16(19)23-14-6-3-11(9-17)8-15(14)22-2/h3-8H,1-2H3. The van der Waals surface area contributed by atoms with Gasteiger partial charge in [-0.25, -0.2) is 4.79 Å². The zero-order valence-corrected chi connectivity index (χ0v) is 12.4. The van der Waals surface area contributed by atoms with Crippen molar-refractivity contribution in [2.75, 3.05) is 7.11 Å². The Labute approximate surface area is 131 Å². The van der Waals surface area contributed by atoms with E-state index >= 15 is 0 Å². The largest absolute Gasteiger partial charge is 0.493 e. The molecule has 0 atom stereocenters. The second-order valence-electron chi connectivity index (χ2n) is 4.62. The predicted molar refractivity (Wildman–Crippen MR) is 80.5 cm³/mol. The van der Waals surface area contributed by atoms with E-state index in [4.69, 9.17) is 14.7 Å². The Morgan fingerprint density at radius 3 is 2.52 bits per heavy atom. The predicted octanol–water partition coefficient (Wildman–Crippen LogP) is 3.00. The number of rotatable bonds is 4. The first-order chi connectivity index (χ1) is 11.0. The Hall–Kier alpha value is -3.40. The maximum Gasteiger partial charge on any atom is 0.343 e. The first-order valence-corrected chi connectivity index (χ1v) is 6.51. The minimum Gasteiger partial charge on any atom is -0.493 e. The number of nitrogens with zero attached hydrogens (tertiary/aromatic N) is 2. The molecule has 0 aliphatic rings. The van der Waals surface area contributed by atoms with Gasteiger partial charge in [-0.2, -0.15) is 5.26 Å². The van der Waals surface area contributed by atoms with Crippen molar-refractivity contribution in [3.8, 4) is 17.6 Å². The third-order valence-corrected chi connectivity index (χ3v) is 3.14. The molecule has 0 fully saturated rings. The Kier molecular flexibility index (Phi) is 4.57. The summed E-state index contributed by atoms with van der Waals surface area (Å²) in [6.45, 7) is 1.58. The van der Waals surface area contributed by atoms with Gasteiger partial charge >= 0.3 is 5.97 Å². The second kappa shape index (κ2) is 6.58. The Morgan fingerprint density at radius 1 is 1.22 bits per heavy atom. The van der Waals surface area contributed by atoms with Gasteiger partial charge in [-0.3, -0.25) is 10.1 Å². The van der Waals surface area contributed by atoms with Crippen LogP contribution < -0.4 is 9.47 Å². The highest BCUT2D eigenvalue weighted by Crippen LogP contribution is 2.29. The molecule has 2 aromatic carbocycles. The Balaban J connectivity index is 2.29. The zero-order valence-electron chi connectivity index (χ0n) is 12.4. The van der Waals surface area contributed by atoms with Gasteiger partial charge in [0.15, 0.2) is 11.5 Å². The number of non-ortho nitro benzene ring substituents is 1. The van der Waals surface area contributed by atoms with Gasteiger partial charge in [0.1, 0.15) is 0 Å². The number of nitro groups is 1. The van der Waals surface area contributed by atoms with Crippen molar-refractivity contribution < 1.29 is 19.2 Å². The summed E-state index contributed by atoms with van der Waals surface area (Å²) in [4.78, 5) is 22.4. The third-order valence-electron chi connectivity index (χ3n) is 3.14. The number of methoxy groups -OCH3 is 1. The average molecular weight is 312 g/mol. The first kappa shape index (κ1) is 16.0. The molecule has 2 rings (SSSR count). The number of nitriles is 1. The number of nitro benzene ring substituents is 1. The smallest absolute Gasteiger partial charge is 0.343 e. The number of hydrogen-bond donors (Lipinski definition) is 0. The quantitative estimate of drug-likeness (QED) is 0.372. The van der Waals surface area contributed by atoms with E-state index in [1.807, 2.05) is 6.07 Å². The van der Waals surface area contributed by atoms with Crippen LogP contribution in [0.15, 0.2) is 36.4 Å². The summed E-state index contributed by atoms with van der Waals surface area (Å²) < 4.78 is 10.3. The summed E-state index contributed by atoms with van der Waals surface area (Å²) in [5, 5.41) is 19.6. The van der Waals surface area contributed by atoms with Crippen LogP contribution in [0.5, 0.6) is 11.5 Å². The number of hydrogen-bond acceptors (Lipinski definition) is 6. The fourth-order valence-electron chi connectivity index (χ4n) is 1.97. The molecule has 0 saturated heterocycles. The van der Waals surface area contributed by atoms with Crippen LogP contribution in [0, 0.1) is 28.4 Å². The molecule has 0 aliphatic carbocycles. The highest BCUT2D eigenvalue weighted by atomic mass is 16.6. The Bertz CT molecular complexity index is 824. The highest BCUT2D eigenvalue weighted by molar-refractivity contribution is 5.93. The summed E-state index contributed by atoms with van der Waals surface area (Å²) >= 11 is 0. The summed E-state index contributed by atoms with van der Waals surface area (Å²) in [5.74, 6) is -0.258. The second-order valence-corrected chi connectivity index (χ2v) is 4.62. The summed E-state index contributed by atoms with van der Waals surface area (Å²) in [6.07, 6.45) is 0. The molecule has 23 heavy (non-hydrogen) atoms. The summed E-state index contributed by atoms with van der Waals surface area (Å²) in [5.41, 5.74) is 0.905. The average Bonchev–Trinajstić information content (AvgIpc) is 2.54. The lowest BCUT2D eigenvalue weighted by molar-refractivity contribution is -0.384. The number of esters is 1. The fraction of sp³-hybridized carbons (Fsp3) is 0.125. The van der Waals surface area contributed by atoms with Crippen LogP contribution >= 0.6 is 0 Å². The van der Waals surface area contributed by atoms with Crippen molar-refractivity contribution in [1.29, 1.82) is 5.26 Å². The molecule has 0 saturated carbocycles. The highest BCUT2D eigenvalue weighted by Gasteiger charge is 2.17. The van der Waals surface area contributed by atoms with Crippen molar-refractivity contribution in [3.05, 3.63) is 63.2 Å². The first-order valence-electron chi connectivity index (χ1n) is 6.51. The van der Waals surface area contributed by atoms with Gasteiger partial charge in [0.05, 0.1) is 29.2 Å². The van der Waals surface area contributed by atoms with E-state index in [2.05, 4.69) is 0 Å². The minimum atomic E-state index is -0.666. The van der Waals surface area contributed by atoms with Gasteiger partial charge in [0.25, 0.3) is 5.69 Å². The van der Waals surface area contributed by atoms with Crippen molar-refractivity contribution in [2.24, 2.45) is 0 Å². The molecule has 0 radical (unpaired) electrons. The van der Waals surface area contributed by atoms with Crippen molar-refractivity contribution in [1.82, 2.24) is 0 Å². The molecule has 0 heterocycles. The summed E-state index contributed by atoms with van der Waals surface area (Å²) in [7, 11) is 1.39. The maximum absolute atomic E-state index is 12.2. The molecule has 0 unspecified atom stereocenters. The van der Waals surface area contributed by atoms with Crippen LogP contribution in [0.2, 0.25) is 0 Å². The van der Waals surface area contributed by atoms with E-state index in [0.29, 0.717) is 11.1 Å². The fourth-order valence-corrected chi connectivity index (χ4v) is 1.97. The van der Waals surface area contributed by atoms with Crippen LogP contribution in [0.3, 0.4) is 0 Å². The van der Waals surface area contributed by atoms with E-state index in [0.717, 1.165) is 0 Å². The lowest BCUT2D eigenvalue weighted by atomic mass is 10.1. The molecule has 116 valence electrons. The van der Waals surface area contributed by atoms with Crippen LogP contribution in [0.1, 0.15) is 21.5 Å². The van der Waals surface area contributed by atoms with Gasteiger partial charge in [0, 0.05) is 18.2 Å². The van der Waals surface area contributed by atoms with Gasteiger partial charge in [-0.1, -0.05) is 0 Å². The van der Waals surface area contributed by atoms with Crippen LogP contribution in [0.4, 0.5) is 5.69 Å². The molecule has 0 aromatic heterocycles. The SMILES string of the molecule is COc1cc(C#N)ccc1OC(=O)c1ccc([N+](=O)[O-])cc1C. The lowest BCUT2D eigenvalue weighted by Gasteiger charge is -2.10. The number of benzene rings is 2. The molecular formula is C16H12N2O5. The monoisotopic (exact) mass is 312 g/mol. The molecule has 7 heteroatoms. The number of ether oxygens (including phenoxy) is 2. The topological polar surface area (TPSA) is 102 Å². The van der Waals surface area contributed by atoms with Gasteiger partial charge in [0.2, 0.25) is 0 Å². The lowest BCUT2D eigenvalue weighted by Crippen LogP contribution is -2.11. The molecule has 0 bridgehead atoms. The molecule has 0 amide bonds.